The fraction of sp³-hybridized carbons (Fsp3) is 0.400. The number of nitrogens with zero attached hydrogens (tertiary/aromatic N) is 1. The van der Waals surface area contributed by atoms with Gasteiger partial charge in [0, 0.05) is 32.5 Å². The Bertz CT molecular complexity index is 479. The smallest absolute Gasteiger partial charge is 0.177 e. The molecule has 5 heteroatoms. The first-order valence-corrected chi connectivity index (χ1v) is 6.38. The van der Waals surface area contributed by atoms with Crippen LogP contribution < -0.4 is 9.64 Å². The van der Waals surface area contributed by atoms with Gasteiger partial charge in [-0.1, -0.05) is 0 Å². The lowest BCUT2D eigenvalue weighted by Crippen LogP contribution is -2.46. The van der Waals surface area contributed by atoms with Gasteiger partial charge in [0.05, 0.1) is 13.2 Å². The van der Waals surface area contributed by atoms with Gasteiger partial charge in [0.25, 0.3) is 0 Å². The minimum Gasteiger partial charge on any atom is -0.497 e. The molecule has 1 heterocycles. The second kappa shape index (κ2) is 6.54. The third-order valence-corrected chi connectivity index (χ3v) is 3.34. The molecule has 1 aliphatic heterocycles. The monoisotopic (exact) mass is 277 g/mol. The normalized spacial score (nSPS) is 18.7. The maximum atomic E-state index is 11.6. The predicted octanol–water partition coefficient (Wildman–Crippen LogP) is 1.98. The van der Waals surface area contributed by atoms with Crippen molar-refractivity contribution in [3.63, 3.8) is 0 Å². The molecule has 0 bridgehead atoms. The van der Waals surface area contributed by atoms with Crippen molar-refractivity contribution in [3.05, 3.63) is 36.5 Å². The fourth-order valence-electron chi connectivity index (χ4n) is 2.32. The van der Waals surface area contributed by atoms with E-state index in [0.29, 0.717) is 6.42 Å². The van der Waals surface area contributed by atoms with E-state index in [9.17, 15) is 4.79 Å². The molecular weight excluding hydrogens is 258 g/mol. The van der Waals surface area contributed by atoms with Gasteiger partial charge in [0.2, 0.25) is 0 Å². The Morgan fingerprint density at radius 1 is 1.15 bits per heavy atom. The first-order valence-electron chi connectivity index (χ1n) is 6.38. The van der Waals surface area contributed by atoms with Crippen molar-refractivity contribution in [2.75, 3.05) is 26.2 Å². The van der Waals surface area contributed by atoms with Crippen LogP contribution >= 0.6 is 0 Å². The highest BCUT2D eigenvalue weighted by Gasteiger charge is 2.31. The molecule has 0 unspecified atom stereocenters. The maximum absolute atomic E-state index is 11.6. The van der Waals surface area contributed by atoms with E-state index in [0.717, 1.165) is 11.4 Å². The number of carbonyl (C=O) groups excluding carboxylic acids is 1. The van der Waals surface area contributed by atoms with Gasteiger partial charge in [-0.25, -0.2) is 0 Å². The Kier molecular flexibility index (Phi) is 4.76. The molecule has 108 valence electrons. The first kappa shape index (κ1) is 14.6. The summed E-state index contributed by atoms with van der Waals surface area (Å²) in [5.74, 6) is 0.858. The van der Waals surface area contributed by atoms with E-state index in [1.165, 1.54) is 0 Å². The van der Waals surface area contributed by atoms with Crippen LogP contribution in [-0.2, 0) is 14.3 Å². The average Bonchev–Trinajstić information content (AvgIpc) is 2.49. The third-order valence-electron chi connectivity index (χ3n) is 3.34. The van der Waals surface area contributed by atoms with Gasteiger partial charge in [-0.3, -0.25) is 4.79 Å². The Morgan fingerprint density at radius 2 is 1.80 bits per heavy atom. The van der Waals surface area contributed by atoms with Crippen LogP contribution in [0, 0.1) is 0 Å². The van der Waals surface area contributed by atoms with E-state index in [1.807, 2.05) is 29.2 Å². The molecule has 1 aliphatic rings. The van der Waals surface area contributed by atoms with Gasteiger partial charge >= 0.3 is 0 Å². The highest BCUT2D eigenvalue weighted by molar-refractivity contribution is 5.92. The SMILES string of the molecule is COc1ccc(N2C=CC(=O)C[C@@H]2C(OC)OC)cc1. The van der Waals surface area contributed by atoms with Crippen molar-refractivity contribution >= 4 is 11.5 Å². The first-order chi connectivity index (χ1) is 9.69. The third kappa shape index (κ3) is 3.00. The number of carbonyl (C=O) groups is 1. The lowest BCUT2D eigenvalue weighted by molar-refractivity contribution is -0.129. The Morgan fingerprint density at radius 3 is 2.35 bits per heavy atom. The molecule has 20 heavy (non-hydrogen) atoms. The van der Waals surface area contributed by atoms with Gasteiger partial charge in [0.1, 0.15) is 5.75 Å². The number of hydrogen-bond donors (Lipinski definition) is 0. The fourth-order valence-corrected chi connectivity index (χ4v) is 2.32. The van der Waals surface area contributed by atoms with Crippen molar-refractivity contribution in [1.82, 2.24) is 0 Å². The zero-order valence-electron chi connectivity index (χ0n) is 11.9. The van der Waals surface area contributed by atoms with Gasteiger partial charge in [-0.05, 0) is 30.3 Å². The van der Waals surface area contributed by atoms with Crippen molar-refractivity contribution < 1.29 is 19.0 Å². The molecule has 0 radical (unpaired) electrons. The summed E-state index contributed by atoms with van der Waals surface area (Å²) >= 11 is 0. The highest BCUT2D eigenvalue weighted by atomic mass is 16.7. The summed E-state index contributed by atoms with van der Waals surface area (Å²) in [4.78, 5) is 13.6. The average molecular weight is 277 g/mol. The molecule has 0 spiro atoms. The van der Waals surface area contributed by atoms with E-state index in [2.05, 4.69) is 0 Å². The molecule has 1 atom stereocenters. The van der Waals surface area contributed by atoms with Gasteiger partial charge in [-0.15, -0.1) is 0 Å². The molecule has 1 aromatic rings. The molecule has 2 rings (SSSR count). The zero-order chi connectivity index (χ0) is 14.5. The predicted molar refractivity (Wildman–Crippen MR) is 75.8 cm³/mol. The van der Waals surface area contributed by atoms with E-state index in [4.69, 9.17) is 14.2 Å². The van der Waals surface area contributed by atoms with Crippen molar-refractivity contribution in [2.24, 2.45) is 0 Å². The van der Waals surface area contributed by atoms with Gasteiger partial charge in [-0.2, -0.15) is 0 Å². The van der Waals surface area contributed by atoms with E-state index >= 15 is 0 Å². The van der Waals surface area contributed by atoms with Crippen LogP contribution in [0.4, 0.5) is 5.69 Å². The van der Waals surface area contributed by atoms with Crippen molar-refractivity contribution in [1.29, 1.82) is 0 Å². The quantitative estimate of drug-likeness (QED) is 0.770. The Balaban J connectivity index is 2.29. The molecule has 1 aromatic carbocycles. The lowest BCUT2D eigenvalue weighted by Gasteiger charge is -2.36. The number of methoxy groups -OCH3 is 3. The van der Waals surface area contributed by atoms with Crippen LogP contribution in [-0.4, -0.2) is 39.4 Å². The highest BCUT2D eigenvalue weighted by Crippen LogP contribution is 2.27. The van der Waals surface area contributed by atoms with Crippen LogP contribution in [0.1, 0.15) is 6.42 Å². The summed E-state index contributed by atoms with van der Waals surface area (Å²) < 4.78 is 15.8. The minimum absolute atomic E-state index is 0.0684. The summed E-state index contributed by atoms with van der Waals surface area (Å²) in [5.41, 5.74) is 0.957. The number of anilines is 1. The standard InChI is InChI=1S/C15H19NO4/c1-18-13-6-4-11(5-7-13)16-9-8-12(17)10-14(16)15(19-2)20-3/h4-9,14-15H,10H2,1-3H3/t14-/m1/s1. The van der Waals surface area contributed by atoms with Crippen LogP contribution in [0.25, 0.3) is 0 Å². The van der Waals surface area contributed by atoms with Gasteiger partial charge < -0.3 is 19.1 Å². The van der Waals surface area contributed by atoms with E-state index < -0.39 is 6.29 Å². The minimum atomic E-state index is -0.467. The molecule has 0 amide bonds. The Labute approximate surface area is 118 Å². The molecular formula is C15H19NO4. The number of benzene rings is 1. The topological polar surface area (TPSA) is 48.0 Å². The zero-order valence-corrected chi connectivity index (χ0v) is 11.9. The molecule has 0 aromatic heterocycles. The summed E-state index contributed by atoms with van der Waals surface area (Å²) in [6.07, 6.45) is 3.23. The molecule has 0 N–H and O–H groups in total. The van der Waals surface area contributed by atoms with Gasteiger partial charge in [0.15, 0.2) is 12.1 Å². The largest absolute Gasteiger partial charge is 0.497 e. The number of hydrogen-bond acceptors (Lipinski definition) is 5. The number of ether oxygens (including phenoxy) is 3. The number of allylic oxidation sites excluding steroid dienone is 1. The molecule has 0 aliphatic carbocycles. The van der Waals surface area contributed by atoms with Crippen LogP contribution in [0.15, 0.2) is 36.5 Å². The van der Waals surface area contributed by atoms with E-state index in [1.54, 1.807) is 33.6 Å². The van der Waals surface area contributed by atoms with Crippen LogP contribution in [0.2, 0.25) is 0 Å². The van der Waals surface area contributed by atoms with Crippen molar-refractivity contribution in [2.45, 2.75) is 18.8 Å². The lowest BCUT2D eigenvalue weighted by atomic mass is 10.0. The maximum Gasteiger partial charge on any atom is 0.177 e. The number of ketones is 1. The Hall–Kier alpha value is -1.85. The summed E-state index contributed by atoms with van der Waals surface area (Å²) in [6, 6.07) is 7.45. The van der Waals surface area contributed by atoms with Crippen LogP contribution in [0.5, 0.6) is 5.75 Å². The van der Waals surface area contributed by atoms with Crippen molar-refractivity contribution in [3.8, 4) is 5.75 Å². The number of rotatable bonds is 5. The van der Waals surface area contributed by atoms with Crippen LogP contribution in [0.3, 0.4) is 0 Å². The summed E-state index contributed by atoms with van der Waals surface area (Å²) in [5, 5.41) is 0. The van der Waals surface area contributed by atoms with E-state index in [-0.39, 0.29) is 11.8 Å². The molecule has 0 saturated heterocycles. The second-order valence-electron chi connectivity index (χ2n) is 4.50. The molecule has 5 nitrogen and oxygen atoms in total. The second-order valence-corrected chi connectivity index (χ2v) is 4.50. The molecule has 0 fully saturated rings. The summed E-state index contributed by atoms with van der Waals surface area (Å²) in [7, 11) is 4.77. The summed E-state index contributed by atoms with van der Waals surface area (Å²) in [6.45, 7) is 0. The molecule has 0 saturated carbocycles.